The van der Waals surface area contributed by atoms with Crippen LogP contribution in [0.3, 0.4) is 0 Å². The van der Waals surface area contributed by atoms with Crippen molar-refractivity contribution < 1.29 is 4.79 Å². The molecule has 0 aromatic rings. The maximum atomic E-state index is 13.4. The summed E-state index contributed by atoms with van der Waals surface area (Å²) >= 11 is 0. The highest BCUT2D eigenvalue weighted by molar-refractivity contribution is 5.79. The average molecular weight is 368 g/mol. The Morgan fingerprint density at radius 2 is 1.85 bits per heavy atom. The first kappa shape index (κ1) is 21.6. The number of fused-ring (bicyclic) bond motifs is 1. The number of amides is 1. The Bertz CT molecular complexity index is 459. The van der Waals surface area contributed by atoms with Gasteiger partial charge in [-0.2, -0.15) is 0 Å². The predicted octanol–water partition coefficient (Wildman–Crippen LogP) is 1.90. The van der Waals surface area contributed by atoms with Crippen molar-refractivity contribution in [1.82, 2.24) is 25.4 Å². The summed E-state index contributed by atoms with van der Waals surface area (Å²) in [7, 11) is 6.22. The third-order valence-corrected chi connectivity index (χ3v) is 7.02. The molecule has 2 rings (SSSR count). The van der Waals surface area contributed by atoms with Crippen LogP contribution in [0.25, 0.3) is 0 Å². The van der Waals surface area contributed by atoms with Gasteiger partial charge in [-0.3, -0.25) is 9.80 Å². The molecule has 2 saturated heterocycles. The van der Waals surface area contributed by atoms with E-state index in [4.69, 9.17) is 0 Å². The van der Waals surface area contributed by atoms with Crippen LogP contribution in [-0.4, -0.2) is 86.4 Å². The highest BCUT2D eigenvalue weighted by Gasteiger charge is 2.51. The van der Waals surface area contributed by atoms with E-state index in [-0.39, 0.29) is 11.3 Å². The fraction of sp³-hybridized carbons (Fsp3) is 0.950. The number of rotatable bonds is 6. The third kappa shape index (κ3) is 4.24. The molecule has 2 aliphatic heterocycles. The highest BCUT2D eigenvalue weighted by Crippen LogP contribution is 2.48. The lowest BCUT2D eigenvalue weighted by atomic mass is 9.61. The highest BCUT2D eigenvalue weighted by atomic mass is 16.2. The van der Waals surface area contributed by atoms with Gasteiger partial charge in [-0.25, -0.2) is 15.0 Å². The van der Waals surface area contributed by atoms with E-state index in [0.29, 0.717) is 11.8 Å². The Labute approximate surface area is 160 Å². The van der Waals surface area contributed by atoms with Gasteiger partial charge in [-0.05, 0) is 50.1 Å². The van der Waals surface area contributed by atoms with E-state index in [0.717, 1.165) is 65.0 Å². The molecule has 0 aromatic heterocycles. The molecule has 2 fully saturated rings. The molecule has 26 heavy (non-hydrogen) atoms. The molecule has 6 heteroatoms. The van der Waals surface area contributed by atoms with Crippen molar-refractivity contribution in [1.29, 1.82) is 0 Å². The van der Waals surface area contributed by atoms with Gasteiger partial charge >= 0.3 is 0 Å². The zero-order chi connectivity index (χ0) is 19.3. The maximum absolute atomic E-state index is 13.4. The molecule has 152 valence electrons. The summed E-state index contributed by atoms with van der Waals surface area (Å²) in [5, 5.41) is 12.5. The van der Waals surface area contributed by atoms with Crippen LogP contribution in [0.1, 0.15) is 46.5 Å². The first-order chi connectivity index (χ1) is 12.4. The minimum atomic E-state index is 0.0743. The van der Waals surface area contributed by atoms with E-state index in [2.05, 4.69) is 55.2 Å². The van der Waals surface area contributed by atoms with Crippen LogP contribution in [-0.2, 0) is 4.79 Å². The maximum Gasteiger partial charge on any atom is 0.240 e. The van der Waals surface area contributed by atoms with Crippen molar-refractivity contribution in [2.24, 2.45) is 17.3 Å². The Morgan fingerprint density at radius 1 is 1.12 bits per heavy atom. The van der Waals surface area contributed by atoms with Crippen LogP contribution < -0.4 is 5.32 Å². The second-order valence-corrected chi connectivity index (χ2v) is 8.21. The van der Waals surface area contributed by atoms with Crippen LogP contribution in [0.5, 0.6) is 0 Å². The van der Waals surface area contributed by atoms with E-state index in [1.165, 1.54) is 0 Å². The molecule has 0 saturated carbocycles. The van der Waals surface area contributed by atoms with Gasteiger partial charge in [0.05, 0.1) is 0 Å². The second kappa shape index (κ2) is 9.49. The Hall–Kier alpha value is -0.690. The monoisotopic (exact) mass is 367 g/mol. The van der Waals surface area contributed by atoms with Crippen molar-refractivity contribution in [3.63, 3.8) is 0 Å². The van der Waals surface area contributed by atoms with E-state index in [1.54, 1.807) is 0 Å². The molecule has 1 N–H and O–H groups in total. The lowest BCUT2D eigenvalue weighted by Gasteiger charge is -2.50. The molecule has 1 amide bonds. The summed E-state index contributed by atoms with van der Waals surface area (Å²) in [4.78, 5) is 13.4. The fourth-order valence-electron chi connectivity index (χ4n) is 5.13. The number of nitrogens with one attached hydrogen (secondary N) is 1. The number of carbonyl (C=O) groups excluding carboxylic acids is 1. The fourth-order valence-corrected chi connectivity index (χ4v) is 5.13. The molecule has 3 atom stereocenters. The number of hydrazine groups is 2. The number of carbonyl (C=O) groups is 1. The lowest BCUT2D eigenvalue weighted by Crippen LogP contribution is -2.56. The van der Waals surface area contributed by atoms with Crippen LogP contribution in [0.15, 0.2) is 0 Å². The Kier molecular flexibility index (Phi) is 7.89. The van der Waals surface area contributed by atoms with E-state index >= 15 is 0 Å². The predicted molar refractivity (Wildman–Crippen MR) is 107 cm³/mol. The van der Waals surface area contributed by atoms with Gasteiger partial charge in [0.2, 0.25) is 5.91 Å². The summed E-state index contributed by atoms with van der Waals surface area (Å²) in [6.45, 7) is 12.7. The standard InChI is InChI=1S/C20H41N5O/c1-7-12-21-15-17-16-23(5)25(9-3)13-10-18-19(26)24(6)22(4)14-11-20(17,18)8-2/h17-18,21H,7-16H2,1-6H3/t17?,18?,20-/m1/s1. The minimum absolute atomic E-state index is 0.0743. The molecule has 0 spiro atoms. The van der Waals surface area contributed by atoms with Crippen LogP contribution in [0.2, 0.25) is 0 Å². The van der Waals surface area contributed by atoms with Crippen molar-refractivity contribution >= 4 is 5.91 Å². The first-order valence-electron chi connectivity index (χ1n) is 10.6. The normalized spacial score (nSPS) is 32.8. The van der Waals surface area contributed by atoms with Crippen LogP contribution in [0.4, 0.5) is 0 Å². The van der Waals surface area contributed by atoms with Gasteiger partial charge in [0.15, 0.2) is 0 Å². The van der Waals surface area contributed by atoms with Gasteiger partial charge in [0.1, 0.15) is 0 Å². The summed E-state index contributed by atoms with van der Waals surface area (Å²) in [6, 6.07) is 0. The summed E-state index contributed by atoms with van der Waals surface area (Å²) < 4.78 is 0. The summed E-state index contributed by atoms with van der Waals surface area (Å²) in [5.41, 5.74) is 0.0743. The van der Waals surface area contributed by atoms with Crippen LogP contribution in [0, 0.1) is 17.3 Å². The number of hydrogen-bond acceptors (Lipinski definition) is 5. The average Bonchev–Trinajstić information content (AvgIpc) is 2.72. The largest absolute Gasteiger partial charge is 0.316 e. The number of hydrogen-bond donors (Lipinski definition) is 1. The van der Waals surface area contributed by atoms with Crippen molar-refractivity contribution in [2.75, 3.05) is 60.4 Å². The topological polar surface area (TPSA) is 42.1 Å². The molecule has 0 aromatic carbocycles. The van der Waals surface area contributed by atoms with E-state index in [9.17, 15) is 4.79 Å². The molecule has 2 heterocycles. The van der Waals surface area contributed by atoms with Gasteiger partial charge < -0.3 is 5.32 Å². The number of nitrogens with zero attached hydrogens (tertiary/aromatic N) is 4. The molecule has 2 aliphatic rings. The molecular formula is C20H41N5O. The molecular weight excluding hydrogens is 326 g/mol. The van der Waals surface area contributed by atoms with E-state index in [1.807, 2.05) is 12.1 Å². The van der Waals surface area contributed by atoms with Gasteiger partial charge in [0.25, 0.3) is 0 Å². The van der Waals surface area contributed by atoms with Crippen molar-refractivity contribution in [3.05, 3.63) is 0 Å². The van der Waals surface area contributed by atoms with E-state index < -0.39 is 0 Å². The molecule has 0 radical (unpaired) electrons. The van der Waals surface area contributed by atoms with Crippen LogP contribution >= 0.6 is 0 Å². The first-order valence-corrected chi connectivity index (χ1v) is 10.6. The van der Waals surface area contributed by atoms with Gasteiger partial charge in [-0.15, -0.1) is 0 Å². The second-order valence-electron chi connectivity index (χ2n) is 8.21. The molecule has 6 nitrogen and oxygen atoms in total. The Morgan fingerprint density at radius 3 is 2.46 bits per heavy atom. The Balaban J connectivity index is 2.40. The smallest absolute Gasteiger partial charge is 0.240 e. The quantitative estimate of drug-likeness (QED) is 0.726. The lowest BCUT2D eigenvalue weighted by molar-refractivity contribution is -0.153. The van der Waals surface area contributed by atoms with Gasteiger partial charge in [-0.1, -0.05) is 20.8 Å². The molecule has 0 aliphatic carbocycles. The zero-order valence-corrected chi connectivity index (χ0v) is 17.9. The molecule has 0 bridgehead atoms. The van der Waals surface area contributed by atoms with Crippen molar-refractivity contribution in [2.45, 2.75) is 46.5 Å². The van der Waals surface area contributed by atoms with Gasteiger partial charge in [0, 0.05) is 53.2 Å². The minimum Gasteiger partial charge on any atom is -0.316 e. The third-order valence-electron chi connectivity index (χ3n) is 7.02. The molecule has 2 unspecified atom stereocenters. The summed E-state index contributed by atoms with van der Waals surface area (Å²) in [5.74, 6) is 0.902. The zero-order valence-electron chi connectivity index (χ0n) is 17.9. The SMILES string of the molecule is CCCNCC1CN(C)N(CC)CCC2C(=O)N(C)N(C)CC[C@]12CC. The van der Waals surface area contributed by atoms with Crippen molar-refractivity contribution in [3.8, 4) is 0 Å². The summed E-state index contributed by atoms with van der Waals surface area (Å²) in [6.07, 6.45) is 4.27.